The van der Waals surface area contributed by atoms with Crippen molar-refractivity contribution in [2.45, 2.75) is 38.8 Å². The molecule has 33 heavy (non-hydrogen) atoms. The van der Waals surface area contributed by atoms with E-state index in [1.807, 2.05) is 0 Å². The molecule has 0 spiro atoms. The predicted octanol–water partition coefficient (Wildman–Crippen LogP) is 2.55. The number of nitrogens with one attached hydrogen (secondary N) is 2. The molecular weight excluding hydrogens is 452 g/mol. The van der Waals surface area contributed by atoms with E-state index in [4.69, 9.17) is 16.1 Å². The normalized spacial score (nSPS) is 13.9. The zero-order valence-electron chi connectivity index (χ0n) is 18.1. The first-order valence-electron chi connectivity index (χ1n) is 10.1. The zero-order chi connectivity index (χ0) is 23.8. The number of anilines is 1. The lowest BCUT2D eigenvalue weighted by Gasteiger charge is -2.16. The summed E-state index contributed by atoms with van der Waals surface area (Å²) < 4.78 is 11.1. The Hall–Kier alpha value is -3.73. The van der Waals surface area contributed by atoms with Crippen LogP contribution in [-0.4, -0.2) is 38.8 Å². The molecule has 1 aromatic carbocycles. The number of hydrogen-bond donors (Lipinski definition) is 2. The van der Waals surface area contributed by atoms with Crippen molar-refractivity contribution in [2.75, 3.05) is 12.4 Å². The molecule has 0 radical (unpaired) electrons. The van der Waals surface area contributed by atoms with Crippen LogP contribution in [0.3, 0.4) is 0 Å². The lowest BCUT2D eigenvalue weighted by Crippen LogP contribution is -2.40. The van der Waals surface area contributed by atoms with Gasteiger partial charge in [-0.1, -0.05) is 16.8 Å². The van der Waals surface area contributed by atoms with Gasteiger partial charge in [0.15, 0.2) is 5.82 Å². The molecular formula is C21H21ClN6O5. The van der Waals surface area contributed by atoms with Crippen LogP contribution < -0.4 is 16.2 Å². The average molecular weight is 473 g/mol. The van der Waals surface area contributed by atoms with Gasteiger partial charge in [-0.3, -0.25) is 19.5 Å². The monoisotopic (exact) mass is 472 g/mol. The van der Waals surface area contributed by atoms with E-state index >= 15 is 0 Å². The number of aryl methyl sites for hydroxylation is 2. The van der Waals surface area contributed by atoms with Crippen molar-refractivity contribution in [1.29, 1.82) is 0 Å². The molecule has 2 amide bonds. The number of carbonyl (C=O) groups is 2. The molecule has 4 rings (SSSR count). The van der Waals surface area contributed by atoms with Gasteiger partial charge in [0.25, 0.3) is 11.4 Å². The summed E-state index contributed by atoms with van der Waals surface area (Å²) in [6, 6.07) is 6.07. The third-order valence-corrected chi connectivity index (χ3v) is 5.48. The van der Waals surface area contributed by atoms with Crippen molar-refractivity contribution in [3.8, 4) is 11.3 Å². The second kappa shape index (κ2) is 8.66. The number of benzene rings is 1. The molecule has 2 heterocycles. The van der Waals surface area contributed by atoms with Crippen molar-refractivity contribution in [2.24, 2.45) is 0 Å². The summed E-state index contributed by atoms with van der Waals surface area (Å²) >= 11 is 6.04. The van der Waals surface area contributed by atoms with Crippen LogP contribution >= 0.6 is 11.6 Å². The quantitative estimate of drug-likeness (QED) is 0.557. The Morgan fingerprint density at radius 2 is 2.00 bits per heavy atom. The highest BCUT2D eigenvalue weighted by atomic mass is 35.5. The Morgan fingerprint density at radius 3 is 2.61 bits per heavy atom. The van der Waals surface area contributed by atoms with Crippen molar-refractivity contribution in [1.82, 2.24) is 25.0 Å². The van der Waals surface area contributed by atoms with Gasteiger partial charge in [-0.05, 0) is 44.9 Å². The van der Waals surface area contributed by atoms with Gasteiger partial charge >= 0.3 is 6.09 Å². The molecule has 0 atom stereocenters. The maximum atomic E-state index is 12.8. The fourth-order valence-electron chi connectivity index (χ4n) is 3.41. The highest BCUT2D eigenvalue weighted by Gasteiger charge is 2.50. The van der Waals surface area contributed by atoms with Crippen molar-refractivity contribution in [3.05, 3.63) is 57.2 Å². The molecule has 0 aliphatic heterocycles. The number of halogens is 1. The molecule has 1 saturated carbocycles. The summed E-state index contributed by atoms with van der Waals surface area (Å²) in [5, 5.41) is 9.61. The molecule has 172 valence electrons. The van der Waals surface area contributed by atoms with Crippen LogP contribution in [-0.2, 0) is 21.6 Å². The number of rotatable bonds is 6. The van der Waals surface area contributed by atoms with Crippen molar-refractivity contribution in [3.63, 3.8) is 0 Å². The van der Waals surface area contributed by atoms with Gasteiger partial charge in [-0.15, -0.1) is 0 Å². The number of nitrogens with zero attached hydrogens (tertiary/aromatic N) is 4. The third kappa shape index (κ3) is 4.72. The Bertz CT molecular complexity index is 1300. The van der Waals surface area contributed by atoms with E-state index in [9.17, 15) is 14.4 Å². The molecule has 3 aromatic rings. The fraction of sp³-hybridized carbons (Fsp3) is 0.333. The first-order chi connectivity index (χ1) is 15.7. The van der Waals surface area contributed by atoms with E-state index in [2.05, 4.69) is 30.5 Å². The predicted molar refractivity (Wildman–Crippen MR) is 118 cm³/mol. The molecule has 11 nitrogen and oxygen atoms in total. The fourth-order valence-corrected chi connectivity index (χ4v) is 3.59. The van der Waals surface area contributed by atoms with E-state index in [0.717, 1.165) is 0 Å². The summed E-state index contributed by atoms with van der Waals surface area (Å²) in [6.45, 7) is 3.10. The van der Waals surface area contributed by atoms with Gasteiger partial charge in [0.1, 0.15) is 17.9 Å². The maximum absolute atomic E-state index is 12.8. The first-order valence-corrected chi connectivity index (χ1v) is 10.4. The van der Waals surface area contributed by atoms with E-state index in [1.54, 1.807) is 26.0 Å². The number of amides is 2. The minimum atomic E-state index is -0.689. The molecule has 2 N–H and O–H groups in total. The average Bonchev–Trinajstić information content (AvgIpc) is 3.40. The standard InChI is InChI=1S/C21H21ClN6O5/c1-11-23-19(33-27-11)21(6-7-21)26-17(29)10-28-12(2)24-16(9-18(28)30)14-5-4-13(22)8-15(14)25-20(31)32-3/h4-5,8-9H,6-7,10H2,1-3H3,(H,25,31)(H,26,29). The van der Waals surface area contributed by atoms with Crippen molar-refractivity contribution >= 4 is 29.3 Å². The van der Waals surface area contributed by atoms with Gasteiger partial charge in [0.05, 0.1) is 18.5 Å². The largest absolute Gasteiger partial charge is 0.453 e. The van der Waals surface area contributed by atoms with Gasteiger partial charge in [-0.25, -0.2) is 9.78 Å². The minimum Gasteiger partial charge on any atom is -0.453 e. The molecule has 1 fully saturated rings. The number of ether oxygens (including phenoxy) is 1. The summed E-state index contributed by atoms with van der Waals surface area (Å²) in [7, 11) is 1.24. The maximum Gasteiger partial charge on any atom is 0.411 e. The zero-order valence-corrected chi connectivity index (χ0v) is 18.9. The molecule has 12 heteroatoms. The Labute approximate surface area is 193 Å². The van der Waals surface area contributed by atoms with E-state index < -0.39 is 17.2 Å². The topological polar surface area (TPSA) is 141 Å². The molecule has 1 aliphatic carbocycles. The third-order valence-electron chi connectivity index (χ3n) is 5.25. The summed E-state index contributed by atoms with van der Waals surface area (Å²) in [4.78, 5) is 45.9. The summed E-state index contributed by atoms with van der Waals surface area (Å²) in [6.07, 6.45) is 0.668. The SMILES string of the molecule is COC(=O)Nc1cc(Cl)ccc1-c1cc(=O)n(CC(=O)NC2(c3nc(C)no3)CC2)c(C)n1. The molecule has 0 saturated heterocycles. The minimum absolute atomic E-state index is 0.222. The van der Waals surface area contributed by atoms with E-state index in [0.29, 0.717) is 52.3 Å². The Morgan fingerprint density at radius 1 is 1.24 bits per heavy atom. The number of aromatic nitrogens is 4. The molecule has 0 bridgehead atoms. The van der Waals surface area contributed by atoms with Crippen LogP contribution in [0.1, 0.15) is 30.4 Å². The van der Waals surface area contributed by atoms with Gasteiger partial charge in [-0.2, -0.15) is 4.98 Å². The second-order valence-corrected chi connectivity index (χ2v) is 8.13. The van der Waals surface area contributed by atoms with Crippen LogP contribution in [0.5, 0.6) is 0 Å². The van der Waals surface area contributed by atoms with Gasteiger partial charge in [0, 0.05) is 16.7 Å². The first kappa shape index (κ1) is 22.5. The number of hydrogen-bond acceptors (Lipinski definition) is 8. The lowest BCUT2D eigenvalue weighted by molar-refractivity contribution is -0.123. The molecule has 0 unspecified atom stereocenters. The van der Waals surface area contributed by atoms with Crippen molar-refractivity contribution < 1.29 is 18.8 Å². The summed E-state index contributed by atoms with van der Waals surface area (Å²) in [5.41, 5.74) is 0.0235. The van der Waals surface area contributed by atoms with Crippen LogP contribution in [0.2, 0.25) is 5.02 Å². The Balaban J connectivity index is 1.57. The van der Waals surface area contributed by atoms with Gasteiger partial charge < -0.3 is 14.6 Å². The summed E-state index contributed by atoms with van der Waals surface area (Å²) in [5.74, 6) is 0.799. The highest BCUT2D eigenvalue weighted by molar-refractivity contribution is 6.31. The lowest BCUT2D eigenvalue weighted by atomic mass is 10.1. The second-order valence-electron chi connectivity index (χ2n) is 7.70. The number of carbonyl (C=O) groups excluding carboxylic acids is 2. The Kier molecular flexibility index (Phi) is 5.90. The van der Waals surface area contributed by atoms with Crippen LogP contribution in [0, 0.1) is 13.8 Å². The van der Waals surface area contributed by atoms with E-state index in [-0.39, 0.29) is 12.5 Å². The highest BCUT2D eigenvalue weighted by Crippen LogP contribution is 2.44. The van der Waals surface area contributed by atoms with Crippen LogP contribution in [0.4, 0.5) is 10.5 Å². The smallest absolute Gasteiger partial charge is 0.411 e. The van der Waals surface area contributed by atoms with E-state index in [1.165, 1.54) is 23.8 Å². The molecule has 1 aliphatic rings. The van der Waals surface area contributed by atoms with Gasteiger partial charge in [0.2, 0.25) is 5.91 Å². The molecule has 2 aromatic heterocycles. The number of methoxy groups -OCH3 is 1. The van der Waals surface area contributed by atoms with Crippen LogP contribution in [0.25, 0.3) is 11.3 Å². The van der Waals surface area contributed by atoms with Crippen LogP contribution in [0.15, 0.2) is 33.6 Å².